The second-order valence-corrected chi connectivity index (χ2v) is 4.63. The summed E-state index contributed by atoms with van der Waals surface area (Å²) < 4.78 is 11.5. The van der Waals surface area contributed by atoms with Gasteiger partial charge in [0.15, 0.2) is 11.5 Å². The van der Waals surface area contributed by atoms with Gasteiger partial charge in [-0.2, -0.15) is 0 Å². The molecule has 0 spiro atoms. The van der Waals surface area contributed by atoms with Crippen molar-refractivity contribution >= 4 is 21.6 Å². The highest BCUT2D eigenvalue weighted by Crippen LogP contribution is 2.33. The second kappa shape index (κ2) is 6.38. The van der Waals surface area contributed by atoms with Crippen LogP contribution in [0, 0.1) is 0 Å². The van der Waals surface area contributed by atoms with Crippen LogP contribution >= 0.6 is 15.9 Å². The van der Waals surface area contributed by atoms with Crippen molar-refractivity contribution < 1.29 is 9.47 Å². The van der Waals surface area contributed by atoms with Gasteiger partial charge in [0.1, 0.15) is 6.33 Å². The minimum Gasteiger partial charge on any atom is -0.493 e. The summed E-state index contributed by atoms with van der Waals surface area (Å²) in [7, 11) is 3.23. The van der Waals surface area contributed by atoms with Crippen LogP contribution in [0.25, 0.3) is 0 Å². The van der Waals surface area contributed by atoms with Crippen LogP contribution in [0.15, 0.2) is 35.3 Å². The number of ether oxygens (including phenoxy) is 2. The van der Waals surface area contributed by atoms with Crippen molar-refractivity contribution in [2.24, 2.45) is 0 Å². The highest BCUT2D eigenvalue weighted by atomic mass is 79.9. The van der Waals surface area contributed by atoms with E-state index in [9.17, 15) is 0 Å². The maximum Gasteiger partial charge on any atom is 0.161 e. The van der Waals surface area contributed by atoms with Gasteiger partial charge in [-0.3, -0.25) is 0 Å². The molecule has 0 radical (unpaired) electrons. The van der Waals surface area contributed by atoms with Crippen LogP contribution in [-0.4, -0.2) is 24.2 Å². The largest absolute Gasteiger partial charge is 0.493 e. The lowest BCUT2D eigenvalue weighted by Crippen LogP contribution is -2.02. The van der Waals surface area contributed by atoms with Crippen LogP contribution in [0.1, 0.15) is 5.56 Å². The number of hydrogen-bond acceptors (Lipinski definition) is 5. The SMILES string of the molecule is COc1cc(Br)c(CNc2cncnc2)cc1OC. The number of hydrogen-bond donors (Lipinski definition) is 1. The van der Waals surface area contributed by atoms with E-state index in [0.717, 1.165) is 15.7 Å². The predicted octanol–water partition coefficient (Wildman–Crippen LogP) is 2.87. The monoisotopic (exact) mass is 323 g/mol. The minimum absolute atomic E-state index is 0.633. The number of rotatable bonds is 5. The lowest BCUT2D eigenvalue weighted by Gasteiger charge is -2.12. The smallest absolute Gasteiger partial charge is 0.161 e. The van der Waals surface area contributed by atoms with Crippen LogP contribution in [0.3, 0.4) is 0 Å². The molecule has 0 unspecified atom stereocenters. The third-order valence-corrected chi connectivity index (χ3v) is 3.33. The topological polar surface area (TPSA) is 56.3 Å². The van der Waals surface area contributed by atoms with Gasteiger partial charge in [-0.15, -0.1) is 0 Å². The Morgan fingerprint density at radius 3 is 2.37 bits per heavy atom. The molecule has 0 aliphatic carbocycles. The van der Waals surface area contributed by atoms with Crippen molar-refractivity contribution in [2.45, 2.75) is 6.54 Å². The number of halogens is 1. The Kier molecular flexibility index (Phi) is 4.57. The molecule has 0 aliphatic heterocycles. The Morgan fingerprint density at radius 1 is 1.11 bits per heavy atom. The van der Waals surface area contributed by atoms with Crippen LogP contribution < -0.4 is 14.8 Å². The van der Waals surface area contributed by atoms with Gasteiger partial charge in [-0.25, -0.2) is 9.97 Å². The molecule has 2 aromatic rings. The molecule has 100 valence electrons. The van der Waals surface area contributed by atoms with Crippen molar-refractivity contribution in [1.82, 2.24) is 9.97 Å². The van der Waals surface area contributed by atoms with E-state index < -0.39 is 0 Å². The van der Waals surface area contributed by atoms with E-state index in [1.165, 1.54) is 6.33 Å². The fourth-order valence-electron chi connectivity index (χ4n) is 1.62. The number of nitrogens with zero attached hydrogens (tertiary/aromatic N) is 2. The van der Waals surface area contributed by atoms with Gasteiger partial charge in [0.05, 0.1) is 32.3 Å². The van der Waals surface area contributed by atoms with E-state index in [0.29, 0.717) is 18.0 Å². The van der Waals surface area contributed by atoms with E-state index >= 15 is 0 Å². The number of anilines is 1. The molecule has 0 amide bonds. The molecule has 0 saturated carbocycles. The van der Waals surface area contributed by atoms with Crippen molar-refractivity contribution in [3.05, 3.63) is 40.9 Å². The summed E-state index contributed by atoms with van der Waals surface area (Å²) >= 11 is 3.52. The van der Waals surface area contributed by atoms with Gasteiger partial charge >= 0.3 is 0 Å². The zero-order valence-corrected chi connectivity index (χ0v) is 12.3. The summed E-state index contributed by atoms with van der Waals surface area (Å²) in [4.78, 5) is 7.90. The molecule has 19 heavy (non-hydrogen) atoms. The summed E-state index contributed by atoms with van der Waals surface area (Å²) in [6.45, 7) is 0.633. The van der Waals surface area contributed by atoms with Crippen molar-refractivity contribution in [2.75, 3.05) is 19.5 Å². The quantitative estimate of drug-likeness (QED) is 0.916. The normalized spacial score (nSPS) is 10.1. The summed E-state index contributed by atoms with van der Waals surface area (Å²) in [6, 6.07) is 3.82. The fraction of sp³-hybridized carbons (Fsp3) is 0.231. The molecule has 1 aromatic heterocycles. The lowest BCUT2D eigenvalue weighted by molar-refractivity contribution is 0.354. The molecule has 0 saturated heterocycles. The molecule has 0 fully saturated rings. The van der Waals surface area contributed by atoms with E-state index in [1.807, 2.05) is 12.1 Å². The predicted molar refractivity (Wildman–Crippen MR) is 76.6 cm³/mol. The molecule has 0 aliphatic rings. The van der Waals surface area contributed by atoms with Gasteiger partial charge in [-0.1, -0.05) is 15.9 Å². The molecule has 1 N–H and O–H groups in total. The van der Waals surface area contributed by atoms with Crippen molar-refractivity contribution in [3.63, 3.8) is 0 Å². The molecule has 5 nitrogen and oxygen atoms in total. The average Bonchev–Trinajstić information content (AvgIpc) is 2.46. The average molecular weight is 324 g/mol. The van der Waals surface area contributed by atoms with E-state index in [1.54, 1.807) is 26.6 Å². The van der Waals surface area contributed by atoms with Crippen molar-refractivity contribution in [1.29, 1.82) is 0 Å². The maximum absolute atomic E-state index is 5.29. The molecule has 0 atom stereocenters. The number of methoxy groups -OCH3 is 2. The first-order valence-corrected chi connectivity index (χ1v) is 6.43. The molecular weight excluding hydrogens is 310 g/mol. The summed E-state index contributed by atoms with van der Waals surface area (Å²) in [5.74, 6) is 1.40. The van der Waals surface area contributed by atoms with Crippen LogP contribution in [-0.2, 0) is 6.54 Å². The molecular formula is C13H14BrN3O2. The standard InChI is InChI=1S/C13H14BrN3O2/c1-18-12-3-9(11(14)4-13(12)19-2)5-17-10-6-15-8-16-7-10/h3-4,6-8,17H,5H2,1-2H3. The molecule has 1 aromatic carbocycles. The molecule has 0 bridgehead atoms. The number of benzene rings is 1. The first-order valence-electron chi connectivity index (χ1n) is 5.64. The summed E-state index contributed by atoms with van der Waals surface area (Å²) in [6.07, 6.45) is 4.95. The number of aromatic nitrogens is 2. The Bertz CT molecular complexity index is 549. The first-order chi connectivity index (χ1) is 9.24. The van der Waals surface area contributed by atoms with Gasteiger partial charge in [-0.05, 0) is 17.7 Å². The van der Waals surface area contributed by atoms with E-state index in [-0.39, 0.29) is 0 Å². The van der Waals surface area contributed by atoms with Crippen LogP contribution in [0.2, 0.25) is 0 Å². The fourth-order valence-corrected chi connectivity index (χ4v) is 2.08. The Morgan fingerprint density at radius 2 is 1.74 bits per heavy atom. The maximum atomic E-state index is 5.29. The van der Waals surface area contributed by atoms with Gasteiger partial charge in [0.2, 0.25) is 0 Å². The zero-order valence-electron chi connectivity index (χ0n) is 10.7. The lowest BCUT2D eigenvalue weighted by atomic mass is 10.2. The molecule has 6 heteroatoms. The minimum atomic E-state index is 0.633. The highest BCUT2D eigenvalue weighted by Gasteiger charge is 2.09. The number of nitrogens with one attached hydrogen (secondary N) is 1. The van der Waals surface area contributed by atoms with Crippen molar-refractivity contribution in [3.8, 4) is 11.5 Å². The van der Waals surface area contributed by atoms with E-state index in [2.05, 4.69) is 31.2 Å². The molecule has 1 heterocycles. The third kappa shape index (κ3) is 3.35. The van der Waals surface area contributed by atoms with Crippen LogP contribution in [0.4, 0.5) is 5.69 Å². The van der Waals surface area contributed by atoms with Crippen LogP contribution in [0.5, 0.6) is 11.5 Å². The zero-order chi connectivity index (χ0) is 13.7. The van der Waals surface area contributed by atoms with Gasteiger partial charge in [0, 0.05) is 11.0 Å². The first kappa shape index (κ1) is 13.6. The third-order valence-electron chi connectivity index (χ3n) is 2.60. The Labute approximate surface area is 120 Å². The highest BCUT2D eigenvalue weighted by molar-refractivity contribution is 9.10. The second-order valence-electron chi connectivity index (χ2n) is 3.78. The van der Waals surface area contributed by atoms with Gasteiger partial charge in [0.25, 0.3) is 0 Å². The Hall–Kier alpha value is -1.82. The summed E-state index contributed by atoms with van der Waals surface area (Å²) in [5, 5.41) is 3.24. The molecule has 2 rings (SSSR count). The Balaban J connectivity index is 2.16. The van der Waals surface area contributed by atoms with Gasteiger partial charge < -0.3 is 14.8 Å². The van der Waals surface area contributed by atoms with E-state index in [4.69, 9.17) is 9.47 Å². The summed E-state index contributed by atoms with van der Waals surface area (Å²) in [5.41, 5.74) is 1.92.